The first kappa shape index (κ1) is 32.4. The fourth-order valence-corrected chi connectivity index (χ4v) is 8.91. The van der Waals surface area contributed by atoms with Crippen molar-refractivity contribution in [1.82, 2.24) is 19.6 Å². The number of amidine groups is 1. The summed E-state index contributed by atoms with van der Waals surface area (Å²) in [5.41, 5.74) is 2.34. The molecule has 2 fully saturated rings. The van der Waals surface area contributed by atoms with Crippen LogP contribution in [-0.2, 0) is 15.1 Å². The molecule has 0 saturated carbocycles. The second kappa shape index (κ2) is 12.6. The summed E-state index contributed by atoms with van der Waals surface area (Å²) in [6.45, 7) is 10.1. The molecule has 4 aliphatic rings. The summed E-state index contributed by atoms with van der Waals surface area (Å²) in [5, 5.41) is 12.0. The fraction of sp³-hybridized carbons (Fsp3) is 0.500. The predicted molar refractivity (Wildman–Crippen MR) is 181 cm³/mol. The van der Waals surface area contributed by atoms with Gasteiger partial charge in [0.05, 0.1) is 18.7 Å². The molecule has 45 heavy (non-hydrogen) atoms. The molecule has 0 unspecified atom stereocenters. The van der Waals surface area contributed by atoms with Gasteiger partial charge in [-0.25, -0.2) is 4.99 Å². The molecular weight excluding hydrogens is 629 g/mol. The molecule has 0 aliphatic carbocycles. The second-order valence-corrected chi connectivity index (χ2v) is 15.0. The highest BCUT2D eigenvalue weighted by Gasteiger charge is 2.54. The summed E-state index contributed by atoms with van der Waals surface area (Å²) in [7, 11) is 1.97. The van der Waals surface area contributed by atoms with Crippen molar-refractivity contribution in [3.8, 4) is 0 Å². The first-order valence-corrected chi connectivity index (χ1v) is 17.3. The van der Waals surface area contributed by atoms with Crippen molar-refractivity contribution < 1.29 is 14.7 Å². The average molecular weight is 671 g/mol. The van der Waals surface area contributed by atoms with Crippen molar-refractivity contribution in [2.45, 2.75) is 70.2 Å². The zero-order valence-corrected chi connectivity index (χ0v) is 28.7. The van der Waals surface area contributed by atoms with Crippen LogP contribution in [0.5, 0.6) is 0 Å². The molecule has 4 heterocycles. The summed E-state index contributed by atoms with van der Waals surface area (Å²) in [4.78, 5) is 42.5. The van der Waals surface area contributed by atoms with E-state index in [1.54, 1.807) is 0 Å². The largest absolute Gasteiger partial charge is 0.395 e. The van der Waals surface area contributed by atoms with Gasteiger partial charge in [-0.2, -0.15) is 0 Å². The maximum absolute atomic E-state index is 14.6. The van der Waals surface area contributed by atoms with Gasteiger partial charge >= 0.3 is 0 Å². The number of hydrogen-bond acceptors (Lipinski definition) is 7. The number of allylic oxidation sites excluding steroid dienone is 1. The van der Waals surface area contributed by atoms with Gasteiger partial charge < -0.3 is 19.8 Å². The molecule has 0 bridgehead atoms. The zero-order valence-electron chi connectivity index (χ0n) is 26.4. The monoisotopic (exact) mass is 669 g/mol. The molecule has 11 heteroatoms. The number of likely N-dealkylation sites (N-methyl/N-ethyl adjacent to an activating group) is 1. The highest BCUT2D eigenvalue weighted by atomic mass is 35.5. The molecule has 0 radical (unpaired) electrons. The lowest BCUT2D eigenvalue weighted by Gasteiger charge is -2.41. The number of aliphatic imine (C=N–C) groups is 1. The molecule has 4 aliphatic heterocycles. The average Bonchev–Trinajstić information content (AvgIpc) is 3.67. The molecule has 5 atom stereocenters. The Balaban J connectivity index is 1.37. The number of aliphatic hydroxyl groups is 1. The maximum Gasteiger partial charge on any atom is 0.263 e. The Morgan fingerprint density at radius 2 is 1.69 bits per heavy atom. The summed E-state index contributed by atoms with van der Waals surface area (Å²) < 4.78 is 0. The summed E-state index contributed by atoms with van der Waals surface area (Å²) >= 11 is 14.0. The molecule has 1 N–H and O–H groups in total. The number of carbonyl (C=O) groups excluding carboxylic acids is 2. The number of thioether (sulfide) groups is 1. The third-order valence-electron chi connectivity index (χ3n) is 9.85. The van der Waals surface area contributed by atoms with Gasteiger partial charge in [0.15, 0.2) is 5.17 Å². The lowest BCUT2D eigenvalue weighted by atomic mass is 9.81. The zero-order chi connectivity index (χ0) is 32.2. The lowest BCUT2D eigenvalue weighted by Crippen LogP contribution is -2.58. The summed E-state index contributed by atoms with van der Waals surface area (Å²) in [6, 6.07) is 14.8. The minimum Gasteiger partial charge on any atom is -0.395 e. The van der Waals surface area contributed by atoms with E-state index in [4.69, 9.17) is 28.2 Å². The topological polar surface area (TPSA) is 79.7 Å². The molecule has 0 spiro atoms. The van der Waals surface area contributed by atoms with Crippen LogP contribution in [0.2, 0.25) is 10.0 Å². The van der Waals surface area contributed by atoms with E-state index in [1.807, 2.05) is 72.3 Å². The molecule has 8 nitrogen and oxygen atoms in total. The Hall–Kier alpha value is -2.56. The smallest absolute Gasteiger partial charge is 0.263 e. The van der Waals surface area contributed by atoms with Crippen molar-refractivity contribution in [2.75, 3.05) is 33.3 Å². The number of nitrogens with zero attached hydrogens (tertiary/aromatic N) is 5. The van der Waals surface area contributed by atoms with E-state index in [2.05, 4.69) is 30.6 Å². The van der Waals surface area contributed by atoms with Crippen molar-refractivity contribution in [3.63, 3.8) is 0 Å². The molecule has 2 amide bonds. The van der Waals surface area contributed by atoms with Crippen LogP contribution in [0.25, 0.3) is 0 Å². The SMILES string of the molecule is CC(C)C1=C(C(=O)N2[C@H](C)CC[C@H]2C(=O)N2CCN(C)[C@H](CO)C2)SC2=N[C@@](C)(c3ccc(Cl)cc3)[C@@H](c3ccc(Cl)cc3)N21. The number of benzene rings is 2. The molecule has 0 aromatic heterocycles. The van der Waals surface area contributed by atoms with Crippen molar-refractivity contribution in [3.05, 3.63) is 80.3 Å². The van der Waals surface area contributed by atoms with E-state index in [-0.39, 0.29) is 42.5 Å². The molecule has 2 aromatic carbocycles. The minimum atomic E-state index is -0.653. The van der Waals surface area contributed by atoms with Gasteiger partial charge in [-0.3, -0.25) is 14.5 Å². The number of amides is 2. The molecule has 240 valence electrons. The number of rotatable bonds is 6. The summed E-state index contributed by atoms with van der Waals surface area (Å²) in [5.74, 6) is -0.123. The first-order chi connectivity index (χ1) is 21.4. The lowest BCUT2D eigenvalue weighted by molar-refractivity contribution is -0.145. The van der Waals surface area contributed by atoms with E-state index in [0.717, 1.165) is 28.4 Å². The van der Waals surface area contributed by atoms with E-state index in [9.17, 15) is 14.7 Å². The highest BCUT2D eigenvalue weighted by Crippen LogP contribution is 2.56. The van der Waals surface area contributed by atoms with Crippen molar-refractivity contribution in [1.29, 1.82) is 0 Å². The van der Waals surface area contributed by atoms with Crippen LogP contribution in [0.15, 0.2) is 64.1 Å². The quantitative estimate of drug-likeness (QED) is 0.422. The Kier molecular flexibility index (Phi) is 9.04. The van der Waals surface area contributed by atoms with Gasteiger partial charge in [0.25, 0.3) is 5.91 Å². The standard InChI is InChI=1S/C34H41Cl2N5O3S/c1-20(2)28-29(32(44)40-21(3)6-15-27(40)31(43)39-17-16-38(5)26(18-39)19-42)45-33-37-34(4,23-9-13-25(36)14-10-23)30(41(28)33)22-7-11-24(35)12-8-22/h7-14,20-21,26-27,30,42H,6,15-19H2,1-5H3/t21-,26+,27+,30-,34+/m1/s1. The molecule has 6 rings (SSSR count). The van der Waals surface area contributed by atoms with E-state index < -0.39 is 11.6 Å². The van der Waals surface area contributed by atoms with Gasteiger partial charge in [-0.1, -0.05) is 61.3 Å². The Morgan fingerprint density at radius 3 is 2.31 bits per heavy atom. The van der Waals surface area contributed by atoms with Crippen LogP contribution in [0.3, 0.4) is 0 Å². The number of carbonyl (C=O) groups is 2. The normalized spacial score (nSPS) is 28.7. The van der Waals surface area contributed by atoms with E-state index in [1.165, 1.54) is 11.8 Å². The summed E-state index contributed by atoms with van der Waals surface area (Å²) in [6.07, 6.45) is 1.39. The van der Waals surface area contributed by atoms with Crippen LogP contribution in [0.1, 0.15) is 57.7 Å². The van der Waals surface area contributed by atoms with Crippen LogP contribution in [0.4, 0.5) is 0 Å². The van der Waals surface area contributed by atoms with Gasteiger partial charge in [0.2, 0.25) is 5.91 Å². The van der Waals surface area contributed by atoms with Crippen molar-refractivity contribution >= 4 is 51.9 Å². The Morgan fingerprint density at radius 1 is 1.04 bits per heavy atom. The van der Waals surface area contributed by atoms with Gasteiger partial charge in [0, 0.05) is 41.4 Å². The van der Waals surface area contributed by atoms with E-state index in [0.29, 0.717) is 41.0 Å². The van der Waals surface area contributed by atoms with Crippen molar-refractivity contribution in [2.24, 2.45) is 10.9 Å². The Labute approximate surface area is 280 Å². The van der Waals surface area contributed by atoms with Gasteiger partial charge in [-0.05, 0) is 86.8 Å². The van der Waals surface area contributed by atoms with Crippen LogP contribution >= 0.6 is 35.0 Å². The highest BCUT2D eigenvalue weighted by molar-refractivity contribution is 8.18. The first-order valence-electron chi connectivity index (χ1n) is 15.7. The van der Waals surface area contributed by atoms with Crippen LogP contribution in [-0.4, -0.2) is 93.1 Å². The third kappa shape index (κ3) is 5.69. The fourth-order valence-electron chi connectivity index (χ4n) is 7.30. The van der Waals surface area contributed by atoms with E-state index >= 15 is 0 Å². The number of hydrogen-bond donors (Lipinski definition) is 1. The molecular formula is C34H41Cl2N5O3S. The third-order valence-corrected chi connectivity index (χ3v) is 11.4. The Bertz CT molecular complexity index is 1530. The van der Waals surface area contributed by atoms with Gasteiger partial charge in [0.1, 0.15) is 16.5 Å². The number of aliphatic hydroxyl groups excluding tert-OH is 1. The number of likely N-dealkylation sites (tertiary alicyclic amines) is 1. The number of piperazine rings is 1. The number of fused-ring (bicyclic) bond motifs is 1. The number of halogens is 2. The van der Waals surface area contributed by atoms with Crippen LogP contribution in [0, 0.1) is 5.92 Å². The molecule has 2 aromatic rings. The predicted octanol–water partition coefficient (Wildman–Crippen LogP) is 5.75. The van der Waals surface area contributed by atoms with Crippen LogP contribution < -0.4 is 0 Å². The van der Waals surface area contributed by atoms with Gasteiger partial charge in [-0.15, -0.1) is 0 Å². The second-order valence-electron chi connectivity index (χ2n) is 13.1. The minimum absolute atomic E-state index is 0.00700. The molecule has 2 saturated heterocycles. The maximum atomic E-state index is 14.6.